The van der Waals surface area contributed by atoms with Crippen molar-refractivity contribution in [2.24, 2.45) is 5.10 Å². The second-order valence-electron chi connectivity index (χ2n) is 7.28. The Balaban J connectivity index is 1.60. The van der Waals surface area contributed by atoms with E-state index in [-0.39, 0.29) is 11.4 Å². The Bertz CT molecular complexity index is 1260. The first-order valence-corrected chi connectivity index (χ1v) is 11.1. The number of carbonyl (C=O) groups is 2. The third-order valence-electron chi connectivity index (χ3n) is 4.67. The molecule has 1 N–H and O–H groups in total. The summed E-state index contributed by atoms with van der Waals surface area (Å²) in [6, 6.07) is 16.5. The van der Waals surface area contributed by atoms with Crippen LogP contribution in [-0.4, -0.2) is 35.7 Å². The van der Waals surface area contributed by atoms with Crippen LogP contribution in [0.5, 0.6) is 17.2 Å². The highest BCUT2D eigenvalue weighted by Gasteiger charge is 2.16. The lowest BCUT2D eigenvalue weighted by Crippen LogP contribution is -2.33. The van der Waals surface area contributed by atoms with Gasteiger partial charge in [-0.05, 0) is 74.0 Å². The van der Waals surface area contributed by atoms with Gasteiger partial charge in [0.2, 0.25) is 0 Å². The second kappa shape index (κ2) is 12.3. The van der Waals surface area contributed by atoms with Gasteiger partial charge in [0, 0.05) is 17.2 Å². The summed E-state index contributed by atoms with van der Waals surface area (Å²) in [6.07, 6.45) is 0.487. The topological polar surface area (TPSA) is 129 Å². The Kier molecular flexibility index (Phi) is 8.95. The monoisotopic (exact) mass is 511 g/mol. The molecule has 0 heterocycles. The number of benzene rings is 3. The number of nitrogens with one attached hydrogen (secondary N) is 1. The zero-order valence-electron chi connectivity index (χ0n) is 19.3. The molecule has 0 bridgehead atoms. The number of nitro groups is 1. The van der Waals surface area contributed by atoms with Crippen molar-refractivity contribution < 1.29 is 28.7 Å². The van der Waals surface area contributed by atoms with Crippen LogP contribution in [0.4, 0.5) is 5.69 Å². The van der Waals surface area contributed by atoms with E-state index in [1.54, 1.807) is 49.4 Å². The van der Waals surface area contributed by atoms with Crippen molar-refractivity contribution in [1.82, 2.24) is 5.43 Å². The van der Waals surface area contributed by atoms with Crippen LogP contribution in [0.1, 0.15) is 29.8 Å². The smallest absolute Gasteiger partial charge is 0.343 e. The van der Waals surface area contributed by atoms with Crippen LogP contribution in [-0.2, 0) is 4.79 Å². The third kappa shape index (κ3) is 7.28. The van der Waals surface area contributed by atoms with Gasteiger partial charge in [-0.1, -0.05) is 11.6 Å². The van der Waals surface area contributed by atoms with E-state index in [4.69, 9.17) is 25.8 Å². The Morgan fingerprint density at radius 2 is 1.78 bits per heavy atom. The molecule has 0 saturated heterocycles. The van der Waals surface area contributed by atoms with Crippen LogP contribution in [0, 0.1) is 10.1 Å². The molecular weight excluding hydrogens is 490 g/mol. The Morgan fingerprint density at radius 3 is 2.42 bits per heavy atom. The molecule has 1 amide bonds. The van der Waals surface area contributed by atoms with Gasteiger partial charge >= 0.3 is 5.97 Å². The van der Waals surface area contributed by atoms with Crippen molar-refractivity contribution in [2.45, 2.75) is 20.0 Å². The van der Waals surface area contributed by atoms with Gasteiger partial charge in [0.05, 0.1) is 23.3 Å². The molecule has 3 aromatic carbocycles. The van der Waals surface area contributed by atoms with Gasteiger partial charge in [-0.3, -0.25) is 14.9 Å². The maximum absolute atomic E-state index is 12.4. The number of non-ortho nitro benzene ring substituents is 1. The van der Waals surface area contributed by atoms with Crippen LogP contribution in [0.25, 0.3) is 0 Å². The fourth-order valence-corrected chi connectivity index (χ4v) is 2.99. The number of esters is 1. The number of rotatable bonds is 10. The van der Waals surface area contributed by atoms with Gasteiger partial charge in [0.25, 0.3) is 11.6 Å². The van der Waals surface area contributed by atoms with E-state index in [0.717, 1.165) is 0 Å². The van der Waals surface area contributed by atoms with Crippen molar-refractivity contribution in [3.8, 4) is 17.2 Å². The molecule has 0 aliphatic heterocycles. The summed E-state index contributed by atoms with van der Waals surface area (Å²) in [6.45, 7) is 3.64. The van der Waals surface area contributed by atoms with E-state index in [1.807, 2.05) is 0 Å². The molecule has 0 fully saturated rings. The fraction of sp³-hybridized carbons (Fsp3) is 0.160. The van der Waals surface area contributed by atoms with E-state index >= 15 is 0 Å². The number of nitro benzene ring substituents is 1. The number of hydrogen-bond acceptors (Lipinski definition) is 8. The predicted molar refractivity (Wildman–Crippen MR) is 133 cm³/mol. The molecule has 10 nitrogen and oxygen atoms in total. The number of carbonyl (C=O) groups excluding carboxylic acids is 2. The van der Waals surface area contributed by atoms with Crippen LogP contribution in [0.2, 0.25) is 5.02 Å². The van der Waals surface area contributed by atoms with Crippen molar-refractivity contribution in [1.29, 1.82) is 0 Å². The average molecular weight is 512 g/mol. The average Bonchev–Trinajstić information content (AvgIpc) is 2.86. The molecule has 0 aromatic heterocycles. The van der Waals surface area contributed by atoms with Gasteiger partial charge in [-0.15, -0.1) is 0 Å². The lowest BCUT2D eigenvalue weighted by molar-refractivity contribution is -0.384. The number of ether oxygens (including phenoxy) is 3. The number of hydrogen-bond donors (Lipinski definition) is 1. The second-order valence-corrected chi connectivity index (χ2v) is 7.72. The van der Waals surface area contributed by atoms with Gasteiger partial charge in [0.1, 0.15) is 5.75 Å². The maximum atomic E-state index is 12.4. The maximum Gasteiger partial charge on any atom is 0.343 e. The predicted octanol–water partition coefficient (Wildman–Crippen LogP) is 4.78. The first kappa shape index (κ1) is 26.2. The molecule has 0 spiro atoms. The molecule has 0 aliphatic rings. The summed E-state index contributed by atoms with van der Waals surface area (Å²) in [7, 11) is 0. The molecule has 3 aromatic rings. The lowest BCUT2D eigenvalue weighted by Gasteiger charge is -2.13. The zero-order valence-corrected chi connectivity index (χ0v) is 20.1. The van der Waals surface area contributed by atoms with Crippen molar-refractivity contribution in [3.63, 3.8) is 0 Å². The molecule has 0 saturated carbocycles. The summed E-state index contributed by atoms with van der Waals surface area (Å²) >= 11 is 5.85. The Labute approximate surface area is 211 Å². The van der Waals surface area contributed by atoms with Crippen molar-refractivity contribution in [2.75, 3.05) is 6.61 Å². The number of halogens is 1. The lowest BCUT2D eigenvalue weighted by atomic mass is 10.2. The minimum absolute atomic E-state index is 0.0822. The fourth-order valence-electron chi connectivity index (χ4n) is 2.87. The van der Waals surface area contributed by atoms with E-state index < -0.39 is 22.9 Å². The summed E-state index contributed by atoms with van der Waals surface area (Å²) in [5.41, 5.74) is 3.19. The first-order chi connectivity index (χ1) is 17.3. The van der Waals surface area contributed by atoms with Gasteiger partial charge in [0.15, 0.2) is 17.6 Å². The molecule has 3 rings (SSSR count). The molecule has 0 radical (unpaired) electrons. The molecule has 11 heteroatoms. The standard InChI is InChI=1S/C25H22ClN3O7/c1-3-34-23-14-17(4-13-22(23)36-25(31)18-5-7-19(26)8-6-18)15-27-28-24(30)16(2)35-21-11-9-20(10-12-21)29(32)33/h4-16H,3H2,1-2H3,(H,28,30)/b27-15-/t16-/m0/s1. The van der Waals surface area contributed by atoms with E-state index in [0.29, 0.717) is 34.3 Å². The number of amides is 1. The Hall–Kier alpha value is -4.44. The Morgan fingerprint density at radius 1 is 1.08 bits per heavy atom. The van der Waals surface area contributed by atoms with Gasteiger partial charge < -0.3 is 14.2 Å². The highest BCUT2D eigenvalue weighted by Crippen LogP contribution is 2.29. The summed E-state index contributed by atoms with van der Waals surface area (Å²) in [5, 5.41) is 15.1. The SMILES string of the molecule is CCOc1cc(/C=N\NC(=O)[C@H](C)Oc2ccc([N+](=O)[O-])cc2)ccc1OC(=O)c1ccc(Cl)cc1. The van der Waals surface area contributed by atoms with Crippen molar-refractivity contribution in [3.05, 3.63) is 93.0 Å². The highest BCUT2D eigenvalue weighted by molar-refractivity contribution is 6.30. The van der Waals surface area contributed by atoms with E-state index in [9.17, 15) is 19.7 Å². The number of nitrogens with zero attached hydrogens (tertiary/aromatic N) is 2. The van der Waals surface area contributed by atoms with Crippen LogP contribution in [0.15, 0.2) is 71.8 Å². The van der Waals surface area contributed by atoms with Gasteiger partial charge in [-0.2, -0.15) is 5.10 Å². The van der Waals surface area contributed by atoms with E-state index in [2.05, 4.69) is 10.5 Å². The zero-order chi connectivity index (χ0) is 26.1. The summed E-state index contributed by atoms with van der Waals surface area (Å²) in [5.74, 6) is -0.239. The molecule has 0 unspecified atom stereocenters. The molecule has 1 atom stereocenters. The molecular formula is C25H22ClN3O7. The minimum Gasteiger partial charge on any atom is -0.490 e. The molecule has 0 aliphatic carbocycles. The summed E-state index contributed by atoms with van der Waals surface area (Å²) in [4.78, 5) is 34.9. The van der Waals surface area contributed by atoms with Crippen LogP contribution < -0.4 is 19.6 Å². The third-order valence-corrected chi connectivity index (χ3v) is 4.92. The number of hydrazone groups is 1. The minimum atomic E-state index is -0.905. The largest absolute Gasteiger partial charge is 0.490 e. The highest BCUT2D eigenvalue weighted by atomic mass is 35.5. The van der Waals surface area contributed by atoms with Crippen molar-refractivity contribution >= 4 is 35.4 Å². The normalized spacial score (nSPS) is 11.5. The van der Waals surface area contributed by atoms with Crippen LogP contribution in [0.3, 0.4) is 0 Å². The van der Waals surface area contributed by atoms with Crippen LogP contribution >= 0.6 is 11.6 Å². The van der Waals surface area contributed by atoms with E-state index in [1.165, 1.54) is 37.4 Å². The molecule has 36 heavy (non-hydrogen) atoms. The quantitative estimate of drug-likeness (QED) is 0.136. The molecule has 186 valence electrons. The first-order valence-electron chi connectivity index (χ1n) is 10.8. The summed E-state index contributed by atoms with van der Waals surface area (Å²) < 4.78 is 16.5. The van der Waals surface area contributed by atoms with Gasteiger partial charge in [-0.25, -0.2) is 10.2 Å².